The molecule has 3 atom stereocenters. The van der Waals surface area contributed by atoms with E-state index in [9.17, 15) is 23.1 Å². The first-order valence-corrected chi connectivity index (χ1v) is 9.54. The molecule has 1 saturated carbocycles. The van der Waals surface area contributed by atoms with E-state index in [1.807, 2.05) is 0 Å². The maximum atomic E-state index is 13.1. The van der Waals surface area contributed by atoms with Crippen molar-refractivity contribution in [1.29, 1.82) is 0 Å². The third-order valence-corrected chi connectivity index (χ3v) is 5.84. The summed E-state index contributed by atoms with van der Waals surface area (Å²) >= 11 is 0. The van der Waals surface area contributed by atoms with Crippen LogP contribution in [-0.4, -0.2) is 36.4 Å². The van der Waals surface area contributed by atoms with E-state index in [2.05, 4.69) is 6.92 Å². The third kappa shape index (κ3) is 4.39. The third-order valence-electron chi connectivity index (χ3n) is 5.84. The van der Waals surface area contributed by atoms with Crippen LogP contribution in [0.1, 0.15) is 45.4 Å². The maximum Gasteiger partial charge on any atom is 0.422 e. The quantitative estimate of drug-likeness (QED) is 0.822. The molecule has 0 bridgehead atoms. The number of hydrogen-bond donors (Lipinski definition) is 1. The van der Waals surface area contributed by atoms with Crippen LogP contribution >= 0.6 is 0 Å². The number of anilines is 1. The zero-order valence-corrected chi connectivity index (χ0v) is 15.5. The van der Waals surface area contributed by atoms with E-state index in [4.69, 9.17) is 4.74 Å². The Labute approximate surface area is 157 Å². The summed E-state index contributed by atoms with van der Waals surface area (Å²) in [6.07, 6.45) is -0.00439. The fraction of sp³-hybridized carbons (Fsp3) is 0.650. The highest BCUT2D eigenvalue weighted by atomic mass is 19.4. The predicted octanol–water partition coefficient (Wildman–Crippen LogP) is 4.31. The number of halogens is 3. The van der Waals surface area contributed by atoms with Crippen molar-refractivity contribution in [3.8, 4) is 5.75 Å². The van der Waals surface area contributed by atoms with Crippen LogP contribution in [0, 0.1) is 11.3 Å². The summed E-state index contributed by atoms with van der Waals surface area (Å²) in [4.78, 5) is 14.9. The van der Waals surface area contributed by atoms with E-state index in [0.29, 0.717) is 31.5 Å². The van der Waals surface area contributed by atoms with E-state index < -0.39 is 18.2 Å². The van der Waals surface area contributed by atoms with Gasteiger partial charge in [0.1, 0.15) is 5.75 Å². The highest BCUT2D eigenvalue weighted by Crippen LogP contribution is 2.49. The van der Waals surface area contributed by atoms with Crippen LogP contribution in [0.4, 0.5) is 18.9 Å². The number of aliphatic hydroxyl groups is 1. The molecule has 1 aliphatic heterocycles. The molecule has 3 rings (SSSR count). The zero-order valence-electron chi connectivity index (χ0n) is 15.5. The van der Waals surface area contributed by atoms with E-state index >= 15 is 0 Å². The van der Waals surface area contributed by atoms with Crippen molar-refractivity contribution in [2.75, 3.05) is 18.1 Å². The lowest BCUT2D eigenvalue weighted by Gasteiger charge is -2.39. The van der Waals surface area contributed by atoms with Crippen LogP contribution in [-0.2, 0) is 4.79 Å². The number of nitrogens with zero attached hydrogens (tertiary/aromatic N) is 1. The molecule has 150 valence electrons. The summed E-state index contributed by atoms with van der Waals surface area (Å²) in [5, 5.41) is 10.2. The summed E-state index contributed by atoms with van der Waals surface area (Å²) < 4.78 is 41.4. The highest BCUT2D eigenvalue weighted by Gasteiger charge is 2.51. The number of aliphatic hydroxyl groups excluding tert-OH is 1. The first kappa shape index (κ1) is 20.0. The summed E-state index contributed by atoms with van der Waals surface area (Å²) in [6.45, 7) is 1.34. The van der Waals surface area contributed by atoms with Gasteiger partial charge in [0.15, 0.2) is 6.61 Å². The molecule has 1 amide bonds. The number of hydrogen-bond acceptors (Lipinski definition) is 3. The van der Waals surface area contributed by atoms with Gasteiger partial charge >= 0.3 is 6.18 Å². The smallest absolute Gasteiger partial charge is 0.422 e. The number of amides is 1. The molecule has 0 aromatic heterocycles. The zero-order chi connectivity index (χ0) is 19.7. The lowest BCUT2D eigenvalue weighted by molar-refractivity contribution is -0.153. The van der Waals surface area contributed by atoms with Crippen LogP contribution in [0.15, 0.2) is 24.3 Å². The topological polar surface area (TPSA) is 49.8 Å². The van der Waals surface area contributed by atoms with Crippen molar-refractivity contribution >= 4 is 11.6 Å². The highest BCUT2D eigenvalue weighted by molar-refractivity contribution is 6.00. The molecule has 0 unspecified atom stereocenters. The molecule has 1 aromatic carbocycles. The normalized spacial score (nSPS) is 28.8. The Morgan fingerprint density at radius 1 is 1.26 bits per heavy atom. The summed E-state index contributed by atoms with van der Waals surface area (Å²) in [5.41, 5.74) is 0.263. The largest absolute Gasteiger partial charge is 0.484 e. The Balaban J connectivity index is 1.68. The Kier molecular flexibility index (Phi) is 5.70. The molecule has 1 spiro atoms. The molecule has 27 heavy (non-hydrogen) atoms. The summed E-state index contributed by atoms with van der Waals surface area (Å²) in [5.74, 6) is 0.353. The number of carbonyl (C=O) groups is 1. The van der Waals surface area contributed by atoms with Gasteiger partial charge in [-0.25, -0.2) is 0 Å². The average Bonchev–Trinajstić information content (AvgIpc) is 2.93. The van der Waals surface area contributed by atoms with Crippen molar-refractivity contribution in [2.24, 2.45) is 11.3 Å². The minimum atomic E-state index is -4.38. The molecule has 4 nitrogen and oxygen atoms in total. The Bertz CT molecular complexity index is 661. The second-order valence-electron chi connectivity index (χ2n) is 7.74. The first-order chi connectivity index (χ1) is 12.7. The van der Waals surface area contributed by atoms with Crippen LogP contribution in [0.2, 0.25) is 0 Å². The van der Waals surface area contributed by atoms with Gasteiger partial charge in [-0.1, -0.05) is 13.3 Å². The fourth-order valence-electron chi connectivity index (χ4n) is 4.44. The molecule has 7 heteroatoms. The molecular formula is C20H26F3NO3. The van der Waals surface area contributed by atoms with Gasteiger partial charge in [-0.15, -0.1) is 0 Å². The molecule has 2 aliphatic rings. The standard InChI is InChI=1S/C20H26F3NO3/c1-2-3-14-12-19(9-8-17(14)25)10-11-24(18(19)26)15-4-6-16(7-5-15)27-13-20(21,22)23/h4-7,14,17,25H,2-3,8-13H2,1H3/t14-,17-,19-/m1/s1. The van der Waals surface area contributed by atoms with Crippen molar-refractivity contribution < 1.29 is 27.8 Å². The Hall–Kier alpha value is -1.76. The van der Waals surface area contributed by atoms with E-state index in [1.165, 1.54) is 12.1 Å². The minimum absolute atomic E-state index is 0.0689. The lowest BCUT2D eigenvalue weighted by Crippen LogP contribution is -2.42. The predicted molar refractivity (Wildman–Crippen MR) is 95.7 cm³/mol. The van der Waals surface area contributed by atoms with Crippen LogP contribution in [0.5, 0.6) is 5.75 Å². The monoisotopic (exact) mass is 385 g/mol. The fourth-order valence-corrected chi connectivity index (χ4v) is 4.44. The summed E-state index contributed by atoms with van der Waals surface area (Å²) in [6, 6.07) is 6.18. The number of carbonyl (C=O) groups excluding carboxylic acids is 1. The number of rotatable bonds is 5. The lowest BCUT2D eigenvalue weighted by atomic mass is 9.66. The molecule has 2 fully saturated rings. The Morgan fingerprint density at radius 2 is 1.96 bits per heavy atom. The van der Waals surface area contributed by atoms with Gasteiger partial charge in [0, 0.05) is 12.2 Å². The minimum Gasteiger partial charge on any atom is -0.484 e. The van der Waals surface area contributed by atoms with Gasteiger partial charge < -0.3 is 14.7 Å². The molecule has 1 heterocycles. The van der Waals surface area contributed by atoms with Crippen molar-refractivity contribution in [3.63, 3.8) is 0 Å². The molecule has 1 aliphatic carbocycles. The second kappa shape index (κ2) is 7.70. The van der Waals surface area contributed by atoms with Crippen LogP contribution < -0.4 is 9.64 Å². The Morgan fingerprint density at radius 3 is 2.59 bits per heavy atom. The van der Waals surface area contributed by atoms with Gasteiger partial charge in [0.05, 0.1) is 11.5 Å². The van der Waals surface area contributed by atoms with E-state index in [1.54, 1.807) is 17.0 Å². The van der Waals surface area contributed by atoms with Crippen molar-refractivity contribution in [2.45, 2.75) is 57.7 Å². The number of benzene rings is 1. The van der Waals surface area contributed by atoms with Gasteiger partial charge in [0.2, 0.25) is 5.91 Å². The summed E-state index contributed by atoms with van der Waals surface area (Å²) in [7, 11) is 0. The molecule has 1 aromatic rings. The molecule has 1 N–H and O–H groups in total. The van der Waals surface area contributed by atoms with Gasteiger partial charge in [-0.2, -0.15) is 13.2 Å². The van der Waals surface area contributed by atoms with Gasteiger partial charge in [-0.3, -0.25) is 4.79 Å². The average molecular weight is 385 g/mol. The van der Waals surface area contributed by atoms with Gasteiger partial charge in [0.25, 0.3) is 0 Å². The maximum absolute atomic E-state index is 13.1. The number of ether oxygens (including phenoxy) is 1. The van der Waals surface area contributed by atoms with Crippen LogP contribution in [0.3, 0.4) is 0 Å². The molecule has 0 radical (unpaired) electrons. The number of alkyl halides is 3. The van der Waals surface area contributed by atoms with Crippen molar-refractivity contribution in [1.82, 2.24) is 0 Å². The van der Waals surface area contributed by atoms with E-state index in [0.717, 1.165) is 19.3 Å². The second-order valence-corrected chi connectivity index (χ2v) is 7.74. The molecule has 1 saturated heterocycles. The van der Waals surface area contributed by atoms with E-state index in [-0.39, 0.29) is 23.7 Å². The molecular weight excluding hydrogens is 359 g/mol. The first-order valence-electron chi connectivity index (χ1n) is 9.54. The van der Waals surface area contributed by atoms with Crippen molar-refractivity contribution in [3.05, 3.63) is 24.3 Å². The van der Waals surface area contributed by atoms with Gasteiger partial charge in [-0.05, 0) is 62.3 Å². The SMILES string of the molecule is CCC[C@@H]1C[C@@]2(CC[C@H]1O)CCN(c1ccc(OCC(F)(F)F)cc1)C2=O. The van der Waals surface area contributed by atoms with Crippen LogP contribution in [0.25, 0.3) is 0 Å².